The number of hydrogen-bond donors (Lipinski definition) is 2. The topological polar surface area (TPSA) is 59.0 Å². The lowest BCUT2D eigenvalue weighted by atomic mass is 9.84. The zero-order valence-corrected chi connectivity index (χ0v) is 14.0. The molecule has 0 unspecified atom stereocenters. The van der Waals surface area contributed by atoms with Crippen LogP contribution in [0, 0.1) is 5.92 Å². The Morgan fingerprint density at radius 3 is 2.81 bits per heavy atom. The fourth-order valence-corrected chi connectivity index (χ4v) is 3.47. The van der Waals surface area contributed by atoms with Crippen molar-refractivity contribution in [3.05, 3.63) is 18.2 Å². The van der Waals surface area contributed by atoms with Crippen LogP contribution < -0.4 is 10.6 Å². The molecule has 2 rings (SSSR count). The summed E-state index contributed by atoms with van der Waals surface area (Å²) < 4.78 is 2.37. The Labute approximate surface area is 131 Å². The highest BCUT2D eigenvalue weighted by Gasteiger charge is 2.36. The summed E-state index contributed by atoms with van der Waals surface area (Å²) in [5, 5.41) is 5.89. The van der Waals surface area contributed by atoms with E-state index in [0.717, 1.165) is 18.9 Å². The molecule has 0 radical (unpaired) electrons. The first kappa shape index (κ1) is 16.2. The van der Waals surface area contributed by atoms with Crippen molar-refractivity contribution < 1.29 is 4.79 Å². The predicted molar refractivity (Wildman–Crippen MR) is 87.4 cm³/mol. The molecule has 6 heteroatoms. The zero-order valence-electron chi connectivity index (χ0n) is 13.2. The number of thioether (sulfide) groups is 1. The van der Waals surface area contributed by atoms with Gasteiger partial charge in [-0.05, 0) is 25.0 Å². The number of nitrogens with zero attached hydrogens (tertiary/aromatic N) is 2. The monoisotopic (exact) mass is 310 g/mol. The molecule has 1 aromatic rings. The van der Waals surface area contributed by atoms with E-state index < -0.39 is 0 Å². The fraction of sp³-hybridized carbons (Fsp3) is 0.733. The zero-order chi connectivity index (χ0) is 15.3. The maximum atomic E-state index is 11.9. The van der Waals surface area contributed by atoms with Gasteiger partial charge in [-0.25, -0.2) is 9.78 Å². The summed E-state index contributed by atoms with van der Waals surface area (Å²) in [4.78, 5) is 16.2. The average molecular weight is 310 g/mol. The normalized spacial score (nSPS) is 16.6. The molecule has 0 spiro atoms. The third-order valence-electron chi connectivity index (χ3n) is 4.04. The van der Waals surface area contributed by atoms with Crippen molar-refractivity contribution >= 4 is 17.8 Å². The highest BCUT2D eigenvalue weighted by molar-refractivity contribution is 8.00. The van der Waals surface area contributed by atoms with Gasteiger partial charge in [-0.2, -0.15) is 11.8 Å². The van der Waals surface area contributed by atoms with Gasteiger partial charge >= 0.3 is 6.03 Å². The molecular weight excluding hydrogens is 284 g/mol. The van der Waals surface area contributed by atoms with Crippen molar-refractivity contribution in [2.45, 2.75) is 50.9 Å². The van der Waals surface area contributed by atoms with E-state index in [1.807, 2.05) is 18.0 Å². The van der Waals surface area contributed by atoms with Crippen LogP contribution in [0.1, 0.15) is 38.9 Å². The molecule has 0 saturated heterocycles. The van der Waals surface area contributed by atoms with Gasteiger partial charge in [-0.1, -0.05) is 20.3 Å². The average Bonchev–Trinajstić information content (AvgIpc) is 2.82. The number of carbonyl (C=O) groups is 1. The van der Waals surface area contributed by atoms with Crippen molar-refractivity contribution in [1.82, 2.24) is 20.2 Å². The molecule has 1 fully saturated rings. The van der Waals surface area contributed by atoms with Gasteiger partial charge in [0.15, 0.2) is 0 Å². The molecule has 2 amide bonds. The molecular formula is C15H26N4OS. The summed E-state index contributed by atoms with van der Waals surface area (Å²) in [7, 11) is 0. The van der Waals surface area contributed by atoms with Gasteiger partial charge in [-0.15, -0.1) is 0 Å². The number of rotatable bonds is 7. The molecule has 118 valence electrons. The first-order chi connectivity index (χ1) is 10.0. The lowest BCUT2D eigenvalue weighted by Gasteiger charge is -2.40. The Balaban J connectivity index is 1.75. The molecule has 0 atom stereocenters. The Bertz CT molecular complexity index is 462. The van der Waals surface area contributed by atoms with Crippen LogP contribution in [0.5, 0.6) is 0 Å². The maximum absolute atomic E-state index is 11.9. The van der Waals surface area contributed by atoms with Crippen molar-refractivity contribution in [2.75, 3.05) is 12.8 Å². The van der Waals surface area contributed by atoms with E-state index in [4.69, 9.17) is 0 Å². The number of nitrogens with one attached hydrogen (secondary N) is 2. The van der Waals surface area contributed by atoms with Crippen molar-refractivity contribution in [3.63, 3.8) is 0 Å². The number of aromatic nitrogens is 2. The number of imidazole rings is 1. The van der Waals surface area contributed by atoms with Crippen LogP contribution in [0.25, 0.3) is 0 Å². The second-order valence-electron chi connectivity index (χ2n) is 6.17. The number of amides is 2. The summed E-state index contributed by atoms with van der Waals surface area (Å²) in [5.74, 6) is 1.47. The van der Waals surface area contributed by atoms with Gasteiger partial charge in [0, 0.05) is 30.2 Å². The van der Waals surface area contributed by atoms with Gasteiger partial charge in [0.1, 0.15) is 5.82 Å². The minimum Gasteiger partial charge on any atom is -0.337 e. The molecule has 0 aromatic carbocycles. The summed E-state index contributed by atoms with van der Waals surface area (Å²) in [5.41, 5.74) is 0. The van der Waals surface area contributed by atoms with Crippen molar-refractivity contribution in [3.8, 4) is 0 Å². The molecule has 1 aromatic heterocycles. The van der Waals surface area contributed by atoms with E-state index in [-0.39, 0.29) is 10.8 Å². The minimum absolute atomic E-state index is 0.102. The summed E-state index contributed by atoms with van der Waals surface area (Å²) in [6.07, 6.45) is 9.55. The molecule has 2 N–H and O–H groups in total. The number of hydrogen-bond acceptors (Lipinski definition) is 3. The Hall–Kier alpha value is -1.17. The van der Waals surface area contributed by atoms with Crippen LogP contribution in [-0.2, 0) is 13.1 Å². The molecule has 1 saturated carbocycles. The highest BCUT2D eigenvalue weighted by atomic mass is 32.2. The molecule has 5 nitrogen and oxygen atoms in total. The summed E-state index contributed by atoms with van der Waals surface area (Å²) in [6, 6.07) is -0.102. The second-order valence-corrected chi connectivity index (χ2v) is 7.44. The SMILES string of the molecule is CSC1(CNC(=O)NCc2nccn2CC(C)C)CCC1. The van der Waals surface area contributed by atoms with Crippen LogP contribution >= 0.6 is 11.8 Å². The van der Waals surface area contributed by atoms with Crippen LogP contribution in [0.4, 0.5) is 4.79 Å². The van der Waals surface area contributed by atoms with Gasteiger partial charge < -0.3 is 15.2 Å². The molecule has 1 aliphatic rings. The van der Waals surface area contributed by atoms with Gasteiger partial charge in [0.2, 0.25) is 0 Å². The van der Waals surface area contributed by atoms with E-state index in [1.165, 1.54) is 19.3 Å². The van der Waals surface area contributed by atoms with Crippen LogP contribution in [-0.4, -0.2) is 33.1 Å². The van der Waals surface area contributed by atoms with E-state index in [0.29, 0.717) is 12.5 Å². The molecule has 21 heavy (non-hydrogen) atoms. The first-order valence-electron chi connectivity index (χ1n) is 7.61. The van der Waals surface area contributed by atoms with Crippen LogP contribution in [0.15, 0.2) is 12.4 Å². The predicted octanol–water partition coefficient (Wildman–Crippen LogP) is 2.62. The molecule has 0 bridgehead atoms. The molecule has 1 heterocycles. The second kappa shape index (κ2) is 7.20. The standard InChI is InChI=1S/C15H26N4OS/c1-12(2)10-19-8-7-16-13(19)9-17-14(20)18-11-15(21-3)5-4-6-15/h7-8,12H,4-6,9-11H2,1-3H3,(H2,17,18,20). The largest absolute Gasteiger partial charge is 0.337 e. The number of urea groups is 1. The van der Waals surface area contributed by atoms with Gasteiger partial charge in [-0.3, -0.25) is 0 Å². The quantitative estimate of drug-likeness (QED) is 0.814. The van der Waals surface area contributed by atoms with Gasteiger partial charge in [0.25, 0.3) is 0 Å². The molecule has 1 aliphatic carbocycles. The Morgan fingerprint density at radius 1 is 1.48 bits per heavy atom. The maximum Gasteiger partial charge on any atom is 0.315 e. The molecule has 0 aliphatic heterocycles. The highest BCUT2D eigenvalue weighted by Crippen LogP contribution is 2.42. The van der Waals surface area contributed by atoms with Crippen molar-refractivity contribution in [2.24, 2.45) is 5.92 Å². The van der Waals surface area contributed by atoms with Crippen LogP contribution in [0.3, 0.4) is 0 Å². The summed E-state index contributed by atoms with van der Waals surface area (Å²) >= 11 is 1.87. The number of carbonyl (C=O) groups excluding carboxylic acids is 1. The minimum atomic E-state index is -0.102. The lowest BCUT2D eigenvalue weighted by molar-refractivity contribution is 0.235. The Kier molecular flexibility index (Phi) is 5.56. The third kappa shape index (κ3) is 4.40. The van der Waals surface area contributed by atoms with E-state index in [1.54, 1.807) is 6.20 Å². The first-order valence-corrected chi connectivity index (χ1v) is 8.84. The van der Waals surface area contributed by atoms with E-state index in [2.05, 4.69) is 40.3 Å². The fourth-order valence-electron chi connectivity index (χ4n) is 2.55. The van der Waals surface area contributed by atoms with Crippen molar-refractivity contribution in [1.29, 1.82) is 0 Å². The van der Waals surface area contributed by atoms with E-state index >= 15 is 0 Å². The van der Waals surface area contributed by atoms with Crippen LogP contribution in [0.2, 0.25) is 0 Å². The smallest absolute Gasteiger partial charge is 0.315 e. The summed E-state index contributed by atoms with van der Waals surface area (Å²) in [6.45, 7) is 6.49. The van der Waals surface area contributed by atoms with E-state index in [9.17, 15) is 4.79 Å². The lowest BCUT2D eigenvalue weighted by Crippen LogP contribution is -2.48. The third-order valence-corrected chi connectivity index (χ3v) is 5.46. The Morgan fingerprint density at radius 2 is 2.24 bits per heavy atom. The van der Waals surface area contributed by atoms with Gasteiger partial charge in [0.05, 0.1) is 6.54 Å².